The lowest BCUT2D eigenvalue weighted by molar-refractivity contribution is -0.0373. The van der Waals surface area contributed by atoms with Gasteiger partial charge in [0.1, 0.15) is 5.82 Å². The predicted octanol–water partition coefficient (Wildman–Crippen LogP) is 2.20. The van der Waals surface area contributed by atoms with Gasteiger partial charge in [-0.15, -0.1) is 5.06 Å². The molecule has 0 atom stereocenters. The van der Waals surface area contributed by atoms with E-state index in [0.717, 1.165) is 18.2 Å². The molecular weight excluding hydrogens is 293 g/mol. The van der Waals surface area contributed by atoms with Gasteiger partial charge in [-0.2, -0.15) is 0 Å². The fraction of sp³-hybridized carbons (Fsp3) is 0. The fourth-order valence-corrected chi connectivity index (χ4v) is 1.75. The van der Waals surface area contributed by atoms with Gasteiger partial charge in [-0.05, 0) is 30.3 Å². The van der Waals surface area contributed by atoms with Crippen LogP contribution in [0, 0.1) is 5.82 Å². The topological polar surface area (TPSA) is 94.9 Å². The van der Waals surface area contributed by atoms with Gasteiger partial charge in [0, 0.05) is 5.56 Å². The quantitative estimate of drug-likeness (QED) is 0.515. The highest BCUT2D eigenvalue weighted by Crippen LogP contribution is 2.13. The van der Waals surface area contributed by atoms with Crippen LogP contribution in [0.2, 0.25) is 0 Å². The fourth-order valence-electron chi connectivity index (χ4n) is 1.75. The van der Waals surface area contributed by atoms with Gasteiger partial charge in [-0.25, -0.2) is 9.18 Å². The van der Waals surface area contributed by atoms with Crippen LogP contribution >= 0.6 is 0 Å². The second kappa shape index (κ2) is 6.15. The number of aromatic carboxylic acids is 1. The number of amides is 2. The highest BCUT2D eigenvalue weighted by Gasteiger charge is 2.25. The van der Waals surface area contributed by atoms with E-state index in [1.807, 2.05) is 0 Å². The average molecular weight is 303 g/mol. The van der Waals surface area contributed by atoms with E-state index < -0.39 is 29.2 Å². The molecule has 0 aromatic heterocycles. The number of halogens is 1. The zero-order valence-electron chi connectivity index (χ0n) is 11.1. The van der Waals surface area contributed by atoms with Crippen molar-refractivity contribution in [3.63, 3.8) is 0 Å². The summed E-state index contributed by atoms with van der Waals surface area (Å²) >= 11 is 0. The summed E-state index contributed by atoms with van der Waals surface area (Å²) in [5.74, 6) is -4.56. The molecule has 0 aliphatic carbocycles. The van der Waals surface area contributed by atoms with Crippen molar-refractivity contribution in [1.82, 2.24) is 5.06 Å². The van der Waals surface area contributed by atoms with E-state index in [1.165, 1.54) is 30.3 Å². The molecule has 0 spiro atoms. The van der Waals surface area contributed by atoms with E-state index in [2.05, 4.69) is 0 Å². The summed E-state index contributed by atoms with van der Waals surface area (Å²) in [6.45, 7) is 0. The average Bonchev–Trinajstić information content (AvgIpc) is 2.53. The van der Waals surface area contributed by atoms with Gasteiger partial charge in [-0.3, -0.25) is 14.8 Å². The molecule has 0 bridgehead atoms. The van der Waals surface area contributed by atoms with Crippen molar-refractivity contribution in [3.8, 4) is 0 Å². The van der Waals surface area contributed by atoms with Crippen LogP contribution in [0.5, 0.6) is 0 Å². The van der Waals surface area contributed by atoms with E-state index in [0.29, 0.717) is 0 Å². The minimum absolute atomic E-state index is 0.183. The van der Waals surface area contributed by atoms with E-state index in [4.69, 9.17) is 5.11 Å². The predicted molar refractivity (Wildman–Crippen MR) is 72.1 cm³/mol. The molecular formula is C15H10FNO5. The van der Waals surface area contributed by atoms with Crippen molar-refractivity contribution >= 4 is 17.8 Å². The maximum Gasteiger partial charge on any atom is 0.335 e. The van der Waals surface area contributed by atoms with E-state index in [1.54, 1.807) is 0 Å². The van der Waals surface area contributed by atoms with E-state index >= 15 is 0 Å². The van der Waals surface area contributed by atoms with Crippen LogP contribution in [0.4, 0.5) is 4.39 Å². The Kier molecular flexibility index (Phi) is 4.28. The number of hydroxylamine groups is 2. The second-order valence-electron chi connectivity index (χ2n) is 4.29. The van der Waals surface area contributed by atoms with Crippen LogP contribution in [0.25, 0.3) is 0 Å². The molecule has 0 heterocycles. The molecule has 2 N–H and O–H groups in total. The molecule has 0 unspecified atom stereocenters. The Bertz CT molecular complexity index is 759. The first-order valence-corrected chi connectivity index (χ1v) is 6.07. The summed E-state index contributed by atoms with van der Waals surface area (Å²) in [6.07, 6.45) is 0. The summed E-state index contributed by atoms with van der Waals surface area (Å²) in [4.78, 5) is 34.7. The third kappa shape index (κ3) is 2.99. The van der Waals surface area contributed by atoms with Crippen LogP contribution in [0.3, 0.4) is 0 Å². The highest BCUT2D eigenvalue weighted by molar-refractivity contribution is 6.09. The van der Waals surface area contributed by atoms with Gasteiger partial charge in [0.15, 0.2) is 0 Å². The standard InChI is InChI=1S/C15H10FNO5/c16-12-7-2-1-6-11(12)14(19)17(22)13(18)9-4-3-5-10(8-9)15(20)21/h1-8,22H,(H,20,21). The Balaban J connectivity index is 2.29. The van der Waals surface area contributed by atoms with Crippen LogP contribution in [0.1, 0.15) is 31.1 Å². The first kappa shape index (κ1) is 15.3. The SMILES string of the molecule is O=C(O)c1cccc(C(=O)N(O)C(=O)c2ccccc2F)c1. The molecule has 0 radical (unpaired) electrons. The number of hydrogen-bond donors (Lipinski definition) is 2. The third-order valence-corrected chi connectivity index (χ3v) is 2.85. The van der Waals surface area contributed by atoms with Gasteiger partial charge < -0.3 is 5.11 Å². The molecule has 0 saturated heterocycles. The first-order chi connectivity index (χ1) is 10.4. The Morgan fingerprint density at radius 1 is 0.909 bits per heavy atom. The minimum Gasteiger partial charge on any atom is -0.478 e. The Labute approximate surface area is 124 Å². The number of hydrogen-bond acceptors (Lipinski definition) is 4. The van der Waals surface area contributed by atoms with Gasteiger partial charge in [0.05, 0.1) is 11.1 Å². The van der Waals surface area contributed by atoms with E-state index in [-0.39, 0.29) is 16.2 Å². The summed E-state index contributed by atoms with van der Waals surface area (Å²) in [5, 5.41) is 18.3. The van der Waals surface area contributed by atoms with Crippen molar-refractivity contribution < 1.29 is 29.1 Å². The molecule has 2 aromatic rings. The Morgan fingerprint density at radius 2 is 1.55 bits per heavy atom. The lowest BCUT2D eigenvalue weighted by Crippen LogP contribution is -2.34. The number of rotatable bonds is 3. The monoisotopic (exact) mass is 303 g/mol. The third-order valence-electron chi connectivity index (χ3n) is 2.85. The van der Waals surface area contributed by atoms with Gasteiger partial charge in [0.2, 0.25) is 0 Å². The summed E-state index contributed by atoms with van der Waals surface area (Å²) in [7, 11) is 0. The van der Waals surface area contributed by atoms with Crippen LogP contribution < -0.4 is 0 Å². The number of imide groups is 1. The first-order valence-electron chi connectivity index (χ1n) is 6.07. The molecule has 0 fully saturated rings. The molecule has 2 amide bonds. The van der Waals surface area contributed by atoms with Crippen LogP contribution in [-0.4, -0.2) is 33.2 Å². The number of carbonyl (C=O) groups excluding carboxylic acids is 2. The highest BCUT2D eigenvalue weighted by atomic mass is 19.1. The lowest BCUT2D eigenvalue weighted by Gasteiger charge is -2.13. The lowest BCUT2D eigenvalue weighted by atomic mass is 10.1. The maximum absolute atomic E-state index is 13.5. The summed E-state index contributed by atoms with van der Waals surface area (Å²) < 4.78 is 13.5. The Hall–Kier alpha value is -3.06. The zero-order valence-corrected chi connectivity index (χ0v) is 11.1. The van der Waals surface area contributed by atoms with Crippen molar-refractivity contribution in [2.45, 2.75) is 0 Å². The molecule has 7 heteroatoms. The van der Waals surface area contributed by atoms with Crippen LogP contribution in [0.15, 0.2) is 48.5 Å². The maximum atomic E-state index is 13.5. The van der Waals surface area contributed by atoms with Gasteiger partial charge in [-0.1, -0.05) is 18.2 Å². The number of benzene rings is 2. The Morgan fingerprint density at radius 3 is 2.18 bits per heavy atom. The number of carboxylic acids is 1. The number of nitrogens with zero attached hydrogens (tertiary/aromatic N) is 1. The molecule has 0 saturated carbocycles. The molecule has 2 aromatic carbocycles. The largest absolute Gasteiger partial charge is 0.478 e. The second-order valence-corrected chi connectivity index (χ2v) is 4.29. The van der Waals surface area contributed by atoms with E-state index in [9.17, 15) is 24.0 Å². The summed E-state index contributed by atoms with van der Waals surface area (Å²) in [6, 6.07) is 9.62. The van der Waals surface area contributed by atoms with Crippen molar-refractivity contribution in [2.75, 3.05) is 0 Å². The minimum atomic E-state index is -1.26. The molecule has 2 rings (SSSR count). The van der Waals surface area contributed by atoms with Crippen molar-refractivity contribution in [3.05, 3.63) is 71.0 Å². The molecule has 0 aliphatic heterocycles. The normalized spacial score (nSPS) is 10.1. The van der Waals surface area contributed by atoms with Crippen molar-refractivity contribution in [1.29, 1.82) is 0 Å². The van der Waals surface area contributed by atoms with Crippen molar-refractivity contribution in [2.24, 2.45) is 0 Å². The zero-order chi connectivity index (χ0) is 16.3. The van der Waals surface area contributed by atoms with Crippen LogP contribution in [-0.2, 0) is 0 Å². The molecule has 22 heavy (non-hydrogen) atoms. The number of carbonyl (C=O) groups is 3. The molecule has 112 valence electrons. The molecule has 0 aliphatic rings. The number of carboxylic acid groups (broad SMARTS) is 1. The van der Waals surface area contributed by atoms with Gasteiger partial charge >= 0.3 is 5.97 Å². The smallest absolute Gasteiger partial charge is 0.335 e. The summed E-state index contributed by atoms with van der Waals surface area (Å²) in [5.41, 5.74) is -0.877. The van der Waals surface area contributed by atoms with Gasteiger partial charge in [0.25, 0.3) is 11.8 Å². The molecule has 6 nitrogen and oxygen atoms in total.